The lowest BCUT2D eigenvalue weighted by atomic mass is 10.1. The van der Waals surface area contributed by atoms with Crippen LogP contribution in [0.5, 0.6) is 11.5 Å². The molecule has 0 amide bonds. The first kappa shape index (κ1) is 11.5. The minimum absolute atomic E-state index is 0.0249. The summed E-state index contributed by atoms with van der Waals surface area (Å²) < 4.78 is 5.36. The lowest BCUT2D eigenvalue weighted by molar-refractivity contribution is 0.297. The summed E-state index contributed by atoms with van der Waals surface area (Å²) >= 11 is 0. The summed E-state index contributed by atoms with van der Waals surface area (Å²) in [6.45, 7) is 1.41. The Labute approximate surface area is 96.6 Å². The number of aromatic hydroxyl groups is 2. The van der Waals surface area contributed by atoms with Gasteiger partial charge in [0.25, 0.3) is 0 Å². The number of aliphatic hydroxyl groups is 1. The van der Waals surface area contributed by atoms with Gasteiger partial charge in [-0.15, -0.1) is 0 Å². The second-order valence-electron chi connectivity index (χ2n) is 3.79. The van der Waals surface area contributed by atoms with Gasteiger partial charge in [0.1, 0.15) is 28.2 Å². The van der Waals surface area contributed by atoms with Gasteiger partial charge < -0.3 is 19.7 Å². The van der Waals surface area contributed by atoms with Crippen LogP contribution in [0, 0.1) is 6.92 Å². The minimum Gasteiger partial charge on any atom is -0.507 e. The Hall–Kier alpha value is -2.01. The molecule has 0 unspecified atom stereocenters. The maximum absolute atomic E-state index is 11.7. The molecule has 5 heteroatoms. The monoisotopic (exact) mass is 236 g/mol. The summed E-state index contributed by atoms with van der Waals surface area (Å²) in [7, 11) is 0. The molecule has 0 saturated carbocycles. The van der Waals surface area contributed by atoms with Gasteiger partial charge >= 0.3 is 0 Å². The van der Waals surface area contributed by atoms with E-state index in [-0.39, 0.29) is 40.9 Å². The zero-order chi connectivity index (χ0) is 12.6. The van der Waals surface area contributed by atoms with Gasteiger partial charge in [0.15, 0.2) is 5.43 Å². The predicted octanol–water partition coefficient (Wildman–Crippen LogP) is 1.05. The summed E-state index contributed by atoms with van der Waals surface area (Å²) in [5, 5.41) is 28.2. The molecule has 1 aromatic carbocycles. The smallest absolute Gasteiger partial charge is 0.196 e. The lowest BCUT2D eigenvalue weighted by Gasteiger charge is -2.08. The van der Waals surface area contributed by atoms with Crippen molar-refractivity contribution in [3.05, 3.63) is 33.7 Å². The number of hydrogen-bond donors (Lipinski definition) is 3. The van der Waals surface area contributed by atoms with Crippen molar-refractivity contribution in [3.63, 3.8) is 0 Å². The van der Waals surface area contributed by atoms with E-state index >= 15 is 0 Å². The van der Waals surface area contributed by atoms with Crippen LogP contribution in [0.2, 0.25) is 0 Å². The van der Waals surface area contributed by atoms with E-state index in [1.54, 1.807) is 6.92 Å². The topological polar surface area (TPSA) is 90.9 Å². The third-order valence-electron chi connectivity index (χ3n) is 2.55. The first-order valence-electron chi connectivity index (χ1n) is 5.13. The normalized spacial score (nSPS) is 10.9. The molecule has 90 valence electrons. The summed E-state index contributed by atoms with van der Waals surface area (Å²) in [6, 6.07) is 2.35. The first-order chi connectivity index (χ1) is 8.04. The van der Waals surface area contributed by atoms with E-state index in [9.17, 15) is 15.0 Å². The second-order valence-corrected chi connectivity index (χ2v) is 3.79. The molecular formula is C12H12O5. The Kier molecular flexibility index (Phi) is 2.77. The highest BCUT2D eigenvalue weighted by atomic mass is 16.3. The van der Waals surface area contributed by atoms with Crippen molar-refractivity contribution < 1.29 is 19.7 Å². The van der Waals surface area contributed by atoms with Gasteiger partial charge in [-0.25, -0.2) is 0 Å². The average Bonchev–Trinajstić information content (AvgIpc) is 2.22. The predicted molar refractivity (Wildman–Crippen MR) is 61.3 cm³/mol. The molecule has 1 heterocycles. The van der Waals surface area contributed by atoms with Gasteiger partial charge in [0, 0.05) is 30.7 Å². The fourth-order valence-corrected chi connectivity index (χ4v) is 1.82. The number of aryl methyl sites for hydroxylation is 1. The Morgan fingerprint density at radius 2 is 1.94 bits per heavy atom. The van der Waals surface area contributed by atoms with Crippen LogP contribution in [0.3, 0.4) is 0 Å². The Morgan fingerprint density at radius 3 is 2.59 bits per heavy atom. The molecule has 17 heavy (non-hydrogen) atoms. The van der Waals surface area contributed by atoms with Crippen LogP contribution in [-0.4, -0.2) is 21.9 Å². The van der Waals surface area contributed by atoms with E-state index in [1.807, 2.05) is 0 Å². The molecule has 0 aliphatic rings. The number of phenolic OH excluding ortho intramolecular Hbond substituents is 2. The number of fused-ring (bicyclic) bond motifs is 1. The Balaban J connectivity index is 2.94. The van der Waals surface area contributed by atoms with Crippen LogP contribution < -0.4 is 5.43 Å². The third-order valence-corrected chi connectivity index (χ3v) is 2.55. The van der Waals surface area contributed by atoms with Crippen molar-refractivity contribution in [2.75, 3.05) is 6.61 Å². The summed E-state index contributed by atoms with van der Waals surface area (Å²) in [5.41, 5.74) is 0.0723. The lowest BCUT2D eigenvalue weighted by Crippen LogP contribution is -2.03. The number of benzene rings is 1. The van der Waals surface area contributed by atoms with Crippen LogP contribution in [0.4, 0.5) is 0 Å². The van der Waals surface area contributed by atoms with Crippen molar-refractivity contribution >= 4 is 11.0 Å². The van der Waals surface area contributed by atoms with E-state index < -0.39 is 0 Å². The number of aliphatic hydroxyl groups excluding tert-OH is 1. The molecule has 0 atom stereocenters. The highest BCUT2D eigenvalue weighted by molar-refractivity contribution is 5.88. The van der Waals surface area contributed by atoms with Crippen molar-refractivity contribution in [2.24, 2.45) is 0 Å². The van der Waals surface area contributed by atoms with E-state index in [2.05, 4.69) is 0 Å². The molecule has 0 aliphatic carbocycles. The summed E-state index contributed by atoms with van der Waals surface area (Å²) in [6.07, 6.45) is 0.148. The van der Waals surface area contributed by atoms with Gasteiger partial charge in [-0.2, -0.15) is 0 Å². The molecule has 5 nitrogen and oxygen atoms in total. The second kappa shape index (κ2) is 4.10. The average molecular weight is 236 g/mol. The van der Waals surface area contributed by atoms with Gasteiger partial charge in [0.05, 0.1) is 0 Å². The van der Waals surface area contributed by atoms with E-state index in [4.69, 9.17) is 9.52 Å². The summed E-state index contributed by atoms with van der Waals surface area (Å²) in [5.74, 6) is -0.141. The van der Waals surface area contributed by atoms with Crippen molar-refractivity contribution in [3.8, 4) is 11.5 Å². The molecule has 2 aromatic rings. The molecule has 0 radical (unpaired) electrons. The molecule has 3 N–H and O–H groups in total. The zero-order valence-electron chi connectivity index (χ0n) is 9.23. The number of rotatable bonds is 2. The zero-order valence-corrected chi connectivity index (χ0v) is 9.23. The van der Waals surface area contributed by atoms with Crippen LogP contribution in [0.1, 0.15) is 11.3 Å². The molecule has 0 saturated heterocycles. The van der Waals surface area contributed by atoms with E-state index in [0.717, 1.165) is 6.07 Å². The Bertz CT molecular complexity index is 627. The SMILES string of the molecule is Cc1cc(=O)c2c(O)cc(O)c(CCO)c2o1. The third kappa shape index (κ3) is 1.85. The maximum atomic E-state index is 11.7. The number of hydrogen-bond acceptors (Lipinski definition) is 5. The fourth-order valence-electron chi connectivity index (χ4n) is 1.82. The maximum Gasteiger partial charge on any atom is 0.196 e. The van der Waals surface area contributed by atoms with Crippen LogP contribution in [0.15, 0.2) is 21.3 Å². The van der Waals surface area contributed by atoms with Gasteiger partial charge in [-0.1, -0.05) is 0 Å². The largest absolute Gasteiger partial charge is 0.507 e. The summed E-state index contributed by atoms with van der Waals surface area (Å²) in [4.78, 5) is 11.7. The minimum atomic E-state index is -0.375. The van der Waals surface area contributed by atoms with Gasteiger partial charge in [-0.05, 0) is 6.92 Å². The highest BCUT2D eigenvalue weighted by Crippen LogP contribution is 2.33. The molecule has 2 rings (SSSR count). The van der Waals surface area contributed by atoms with Crippen molar-refractivity contribution in [1.82, 2.24) is 0 Å². The van der Waals surface area contributed by atoms with Gasteiger partial charge in [-0.3, -0.25) is 4.79 Å². The molecule has 1 aromatic heterocycles. The Morgan fingerprint density at radius 1 is 1.24 bits per heavy atom. The van der Waals surface area contributed by atoms with Crippen molar-refractivity contribution in [1.29, 1.82) is 0 Å². The first-order valence-corrected chi connectivity index (χ1v) is 5.13. The molecule has 0 bridgehead atoms. The van der Waals surface area contributed by atoms with Crippen molar-refractivity contribution in [2.45, 2.75) is 13.3 Å². The van der Waals surface area contributed by atoms with Crippen LogP contribution in [0.25, 0.3) is 11.0 Å². The molecule has 0 aliphatic heterocycles. The highest BCUT2D eigenvalue weighted by Gasteiger charge is 2.16. The fraction of sp³-hybridized carbons (Fsp3) is 0.250. The molecular weight excluding hydrogens is 224 g/mol. The molecule has 0 spiro atoms. The molecule has 0 fully saturated rings. The standard InChI is InChI=1S/C12H12O5/c1-6-4-9(15)11-10(16)5-8(14)7(2-3-13)12(11)17-6/h4-5,13-14,16H,2-3H2,1H3. The van der Waals surface area contributed by atoms with Crippen LogP contribution in [-0.2, 0) is 6.42 Å². The van der Waals surface area contributed by atoms with E-state index in [0.29, 0.717) is 11.3 Å². The quantitative estimate of drug-likeness (QED) is 0.724. The van der Waals surface area contributed by atoms with Crippen LogP contribution >= 0.6 is 0 Å². The van der Waals surface area contributed by atoms with Gasteiger partial charge in [0.2, 0.25) is 0 Å². The van der Waals surface area contributed by atoms with E-state index in [1.165, 1.54) is 6.07 Å². The number of phenols is 2.